The van der Waals surface area contributed by atoms with Crippen molar-refractivity contribution in [2.24, 2.45) is 0 Å². The Kier molecular flexibility index (Phi) is 5.68. The third-order valence-corrected chi connectivity index (χ3v) is 4.02. The van der Waals surface area contributed by atoms with Crippen molar-refractivity contribution in [3.05, 3.63) is 75.6 Å². The van der Waals surface area contributed by atoms with E-state index in [-0.39, 0.29) is 11.4 Å². The third kappa shape index (κ3) is 4.83. The summed E-state index contributed by atoms with van der Waals surface area (Å²) in [5.74, 6) is 0.209. The summed E-state index contributed by atoms with van der Waals surface area (Å²) in [5, 5.41) is 16.8. The van der Waals surface area contributed by atoms with Crippen molar-refractivity contribution >= 4 is 28.9 Å². The average molecular weight is 393 g/mol. The van der Waals surface area contributed by atoms with E-state index >= 15 is 0 Å². The number of methoxy groups -OCH3 is 1. The van der Waals surface area contributed by atoms with E-state index in [0.717, 1.165) is 17.1 Å². The maximum atomic E-state index is 12.5. The maximum Gasteiger partial charge on any atom is 0.312 e. The zero-order valence-electron chi connectivity index (χ0n) is 16.1. The van der Waals surface area contributed by atoms with Crippen LogP contribution in [0.5, 0.6) is 5.75 Å². The minimum absolute atomic E-state index is 0.122. The van der Waals surface area contributed by atoms with Gasteiger partial charge in [-0.1, -0.05) is 0 Å². The van der Waals surface area contributed by atoms with Crippen LogP contribution in [0.25, 0.3) is 0 Å². The number of aryl methyl sites for hydroxylation is 2. The molecule has 0 unspecified atom stereocenters. The topological polar surface area (TPSA) is 119 Å². The van der Waals surface area contributed by atoms with Gasteiger partial charge in [0, 0.05) is 34.4 Å². The van der Waals surface area contributed by atoms with Crippen LogP contribution in [0.2, 0.25) is 0 Å². The first-order valence-corrected chi connectivity index (χ1v) is 8.69. The Labute approximate surface area is 166 Å². The monoisotopic (exact) mass is 393 g/mol. The number of aromatic nitrogens is 2. The van der Waals surface area contributed by atoms with Crippen LogP contribution in [0.1, 0.15) is 21.7 Å². The molecule has 0 saturated heterocycles. The van der Waals surface area contributed by atoms with Crippen LogP contribution >= 0.6 is 0 Å². The van der Waals surface area contributed by atoms with E-state index < -0.39 is 10.8 Å². The lowest BCUT2D eigenvalue weighted by molar-refractivity contribution is -0.385. The second kappa shape index (κ2) is 8.34. The molecule has 0 atom stereocenters. The Morgan fingerprint density at radius 1 is 1.00 bits per heavy atom. The number of nitrogens with one attached hydrogen (secondary N) is 2. The van der Waals surface area contributed by atoms with Crippen molar-refractivity contribution in [3.63, 3.8) is 0 Å². The normalized spacial score (nSPS) is 10.3. The first kappa shape index (κ1) is 19.7. The number of ether oxygens (including phenoxy) is 1. The zero-order valence-corrected chi connectivity index (χ0v) is 16.1. The molecule has 1 heterocycles. The summed E-state index contributed by atoms with van der Waals surface area (Å²) >= 11 is 0. The van der Waals surface area contributed by atoms with Gasteiger partial charge in [0.1, 0.15) is 0 Å². The number of hydrogen-bond acceptors (Lipinski definition) is 7. The number of carbonyl (C=O) groups is 1. The summed E-state index contributed by atoms with van der Waals surface area (Å²) in [6.07, 6.45) is 0. The van der Waals surface area contributed by atoms with Crippen LogP contribution in [0, 0.1) is 24.0 Å². The van der Waals surface area contributed by atoms with E-state index in [4.69, 9.17) is 4.74 Å². The van der Waals surface area contributed by atoms with E-state index in [9.17, 15) is 14.9 Å². The van der Waals surface area contributed by atoms with Crippen LogP contribution in [0.3, 0.4) is 0 Å². The zero-order chi connectivity index (χ0) is 21.0. The summed E-state index contributed by atoms with van der Waals surface area (Å²) < 4.78 is 4.96. The fourth-order valence-electron chi connectivity index (χ4n) is 2.73. The number of amides is 1. The van der Waals surface area contributed by atoms with Crippen LogP contribution in [0.4, 0.5) is 23.0 Å². The van der Waals surface area contributed by atoms with Gasteiger partial charge in [-0.05, 0) is 56.3 Å². The Bertz CT molecular complexity index is 1050. The summed E-state index contributed by atoms with van der Waals surface area (Å²) in [4.78, 5) is 31.6. The van der Waals surface area contributed by atoms with Crippen molar-refractivity contribution in [2.75, 3.05) is 17.7 Å². The first-order valence-electron chi connectivity index (χ1n) is 8.69. The summed E-state index contributed by atoms with van der Waals surface area (Å²) in [6.45, 7) is 3.77. The van der Waals surface area contributed by atoms with Crippen LogP contribution in [0.15, 0.2) is 48.5 Å². The molecule has 2 N–H and O–H groups in total. The molecule has 3 aromatic rings. The molecule has 0 bridgehead atoms. The highest BCUT2D eigenvalue weighted by Gasteiger charge is 2.16. The third-order valence-electron chi connectivity index (χ3n) is 4.02. The Hall–Kier alpha value is -4.01. The molecule has 0 aliphatic carbocycles. The molecule has 148 valence electrons. The van der Waals surface area contributed by atoms with Gasteiger partial charge in [-0.2, -0.15) is 0 Å². The van der Waals surface area contributed by atoms with Gasteiger partial charge in [0.2, 0.25) is 5.95 Å². The van der Waals surface area contributed by atoms with Gasteiger partial charge in [0.25, 0.3) is 5.91 Å². The fourth-order valence-corrected chi connectivity index (χ4v) is 2.73. The largest absolute Gasteiger partial charge is 0.490 e. The van der Waals surface area contributed by atoms with E-state index in [1.54, 1.807) is 24.3 Å². The van der Waals surface area contributed by atoms with E-state index in [1.165, 1.54) is 25.3 Å². The highest BCUT2D eigenvalue weighted by Crippen LogP contribution is 2.29. The molecular weight excluding hydrogens is 374 g/mol. The lowest BCUT2D eigenvalue weighted by atomic mass is 10.2. The number of hydrogen-bond donors (Lipinski definition) is 2. The van der Waals surface area contributed by atoms with Gasteiger partial charge in [0.15, 0.2) is 5.75 Å². The van der Waals surface area contributed by atoms with Gasteiger partial charge < -0.3 is 15.4 Å². The predicted molar refractivity (Wildman–Crippen MR) is 109 cm³/mol. The van der Waals surface area contributed by atoms with E-state index in [2.05, 4.69) is 20.6 Å². The van der Waals surface area contributed by atoms with Gasteiger partial charge in [-0.15, -0.1) is 0 Å². The number of nitro benzene ring substituents is 1. The quantitative estimate of drug-likeness (QED) is 0.480. The second-order valence-corrected chi connectivity index (χ2v) is 6.27. The molecule has 9 heteroatoms. The molecule has 2 aromatic carbocycles. The Morgan fingerprint density at radius 2 is 1.62 bits per heavy atom. The van der Waals surface area contributed by atoms with Crippen molar-refractivity contribution in [1.82, 2.24) is 9.97 Å². The average Bonchev–Trinajstić information content (AvgIpc) is 2.67. The Balaban J connectivity index is 1.72. The summed E-state index contributed by atoms with van der Waals surface area (Å²) in [5.41, 5.74) is 2.91. The van der Waals surface area contributed by atoms with Gasteiger partial charge >= 0.3 is 5.69 Å². The molecule has 0 radical (unpaired) electrons. The van der Waals surface area contributed by atoms with Crippen LogP contribution in [-0.4, -0.2) is 27.9 Å². The van der Waals surface area contributed by atoms with Gasteiger partial charge in [-0.3, -0.25) is 14.9 Å². The molecule has 1 aromatic heterocycles. The van der Waals surface area contributed by atoms with E-state index in [1.807, 2.05) is 19.9 Å². The molecule has 0 saturated carbocycles. The SMILES string of the molecule is COc1ccc(NC(=O)c2ccc(Nc3nc(C)cc(C)n3)cc2)cc1[N+](=O)[O-]. The first-order chi connectivity index (χ1) is 13.9. The second-order valence-electron chi connectivity index (χ2n) is 6.27. The molecule has 0 aliphatic rings. The van der Waals surface area contributed by atoms with Crippen LogP contribution in [-0.2, 0) is 0 Å². The smallest absolute Gasteiger partial charge is 0.312 e. The van der Waals surface area contributed by atoms with Crippen LogP contribution < -0.4 is 15.4 Å². The van der Waals surface area contributed by atoms with Gasteiger partial charge in [0.05, 0.1) is 12.0 Å². The molecule has 0 aliphatic heterocycles. The molecular formula is C20H19N5O4. The lowest BCUT2D eigenvalue weighted by Crippen LogP contribution is -2.12. The standard InChI is InChI=1S/C20H19N5O4/c1-12-10-13(2)22-20(21-12)24-15-6-4-14(5-7-15)19(26)23-16-8-9-18(29-3)17(11-16)25(27)28/h4-11H,1-3H3,(H,23,26)(H,21,22,24). The minimum atomic E-state index is -0.565. The van der Waals surface area contributed by atoms with Gasteiger partial charge in [-0.25, -0.2) is 9.97 Å². The number of anilines is 3. The molecule has 3 rings (SSSR count). The summed E-state index contributed by atoms with van der Waals surface area (Å²) in [7, 11) is 1.35. The predicted octanol–water partition coefficient (Wildman–Crippen LogP) is 4.01. The Morgan fingerprint density at radius 3 is 2.21 bits per heavy atom. The summed E-state index contributed by atoms with van der Waals surface area (Å²) in [6, 6.07) is 12.8. The van der Waals surface area contributed by atoms with E-state index in [0.29, 0.717) is 17.2 Å². The number of nitro groups is 1. The molecule has 1 amide bonds. The number of rotatable bonds is 6. The van der Waals surface area contributed by atoms with Crippen molar-refractivity contribution in [2.45, 2.75) is 13.8 Å². The maximum absolute atomic E-state index is 12.5. The van der Waals surface area contributed by atoms with Crippen molar-refractivity contribution in [1.29, 1.82) is 0 Å². The lowest BCUT2D eigenvalue weighted by Gasteiger charge is -2.09. The fraction of sp³-hybridized carbons (Fsp3) is 0.150. The number of nitrogens with zero attached hydrogens (tertiary/aromatic N) is 3. The number of benzene rings is 2. The molecule has 29 heavy (non-hydrogen) atoms. The van der Waals surface area contributed by atoms with Crippen molar-refractivity contribution in [3.8, 4) is 5.75 Å². The van der Waals surface area contributed by atoms with Crippen molar-refractivity contribution < 1.29 is 14.5 Å². The molecule has 9 nitrogen and oxygen atoms in total. The molecule has 0 spiro atoms. The minimum Gasteiger partial charge on any atom is -0.490 e. The molecule has 0 fully saturated rings. The highest BCUT2D eigenvalue weighted by molar-refractivity contribution is 6.04. The highest BCUT2D eigenvalue weighted by atomic mass is 16.6. The number of carbonyl (C=O) groups excluding carboxylic acids is 1.